The van der Waals surface area contributed by atoms with Gasteiger partial charge in [-0.05, 0) is 41.5 Å². The highest BCUT2D eigenvalue weighted by molar-refractivity contribution is 7.93. The number of hydrogen-bond donors (Lipinski definition) is 1. The minimum absolute atomic E-state index is 0.0256. The first-order valence-corrected chi connectivity index (χ1v) is 12.7. The molecule has 0 aliphatic heterocycles. The Labute approximate surface area is 209 Å². The molecule has 0 atom stereocenters. The lowest BCUT2D eigenvalue weighted by molar-refractivity contribution is -0.384. The fourth-order valence-corrected chi connectivity index (χ4v) is 4.74. The minimum Gasteiger partial charge on any atom is -0.493 e. The van der Waals surface area contributed by atoms with E-state index in [0.717, 1.165) is 0 Å². The molecule has 186 valence electrons. The molecule has 1 amide bonds. The number of carbonyl (C=O) groups excluding carboxylic acids is 1. The van der Waals surface area contributed by atoms with Crippen LogP contribution in [-0.4, -0.2) is 42.3 Å². The van der Waals surface area contributed by atoms with Crippen LogP contribution in [0.15, 0.2) is 52.4 Å². The third kappa shape index (κ3) is 6.40. The van der Waals surface area contributed by atoms with E-state index in [1.54, 1.807) is 36.4 Å². The van der Waals surface area contributed by atoms with Crippen molar-refractivity contribution in [2.24, 2.45) is 0 Å². The number of nitro groups is 1. The summed E-state index contributed by atoms with van der Waals surface area (Å²) in [6, 6.07) is 12.5. The molecule has 0 fully saturated rings. The van der Waals surface area contributed by atoms with E-state index in [4.69, 9.17) is 9.47 Å². The molecule has 0 unspecified atom stereocenters. The van der Waals surface area contributed by atoms with Crippen LogP contribution in [0.5, 0.6) is 11.5 Å². The summed E-state index contributed by atoms with van der Waals surface area (Å²) >= 11 is 0.692. The minimum atomic E-state index is -3.57. The Balaban J connectivity index is 1.72. The van der Waals surface area contributed by atoms with Gasteiger partial charge in [-0.25, -0.2) is 8.42 Å². The number of benzene rings is 2. The zero-order valence-electron chi connectivity index (χ0n) is 19.0. The predicted octanol–water partition coefficient (Wildman–Crippen LogP) is 3.37. The second kappa shape index (κ2) is 11.4. The van der Waals surface area contributed by atoms with Crippen LogP contribution >= 0.6 is 11.3 Å². The summed E-state index contributed by atoms with van der Waals surface area (Å²) in [4.78, 5) is 22.8. The monoisotopic (exact) mass is 529 g/mol. The van der Waals surface area contributed by atoms with Gasteiger partial charge in [-0.2, -0.15) is 5.26 Å². The number of hydrogen-bond acceptors (Lipinski definition) is 11. The van der Waals surface area contributed by atoms with Gasteiger partial charge in [-0.3, -0.25) is 20.2 Å². The number of nitrogens with zero attached hydrogens (tertiary/aromatic N) is 4. The van der Waals surface area contributed by atoms with Gasteiger partial charge in [0.1, 0.15) is 18.2 Å². The van der Waals surface area contributed by atoms with Crippen molar-refractivity contribution < 1.29 is 27.6 Å². The van der Waals surface area contributed by atoms with E-state index in [-0.39, 0.29) is 33.1 Å². The molecule has 36 heavy (non-hydrogen) atoms. The molecule has 12 nitrogen and oxygen atoms in total. The first-order chi connectivity index (χ1) is 17.2. The number of anilines is 1. The lowest BCUT2D eigenvalue weighted by Crippen LogP contribution is -2.13. The summed E-state index contributed by atoms with van der Waals surface area (Å²) in [5, 5.41) is 29.7. The standard InChI is InChI=1S/C22H19N5O7S2/c1-3-36(31,32)22-26-25-21(35-22)24-20(28)16(12-23)10-15-6-9-18(19(11-15)33-2)34-13-14-4-7-17(8-5-14)27(29)30/h4-11H,3,13H2,1-2H3,(H,24,25,28)/b16-10-. The molecule has 0 aliphatic carbocycles. The maximum atomic E-state index is 12.5. The largest absolute Gasteiger partial charge is 0.493 e. The Bertz CT molecular complexity index is 1460. The quantitative estimate of drug-likeness (QED) is 0.135. The Hall–Kier alpha value is -4.35. The molecule has 2 aromatic carbocycles. The van der Waals surface area contributed by atoms with Crippen LogP contribution in [0.4, 0.5) is 10.8 Å². The van der Waals surface area contributed by atoms with Crippen LogP contribution in [0.2, 0.25) is 0 Å². The number of non-ortho nitro benzene ring substituents is 1. The highest BCUT2D eigenvalue weighted by atomic mass is 32.2. The molecule has 0 radical (unpaired) electrons. The molecule has 0 saturated carbocycles. The zero-order chi connectivity index (χ0) is 26.3. The summed E-state index contributed by atoms with van der Waals surface area (Å²) in [6.07, 6.45) is 1.32. The zero-order valence-corrected chi connectivity index (χ0v) is 20.6. The average molecular weight is 530 g/mol. The van der Waals surface area contributed by atoms with Gasteiger partial charge in [-0.15, -0.1) is 10.2 Å². The van der Waals surface area contributed by atoms with E-state index in [1.807, 2.05) is 0 Å². The number of methoxy groups -OCH3 is 1. The molecule has 3 rings (SSSR count). The van der Waals surface area contributed by atoms with Gasteiger partial charge in [0, 0.05) is 12.1 Å². The van der Waals surface area contributed by atoms with E-state index in [0.29, 0.717) is 34.0 Å². The number of aromatic nitrogens is 2. The summed E-state index contributed by atoms with van der Waals surface area (Å²) in [7, 11) is -2.14. The molecule has 0 bridgehead atoms. The summed E-state index contributed by atoms with van der Waals surface area (Å²) in [6.45, 7) is 1.60. The lowest BCUT2D eigenvalue weighted by atomic mass is 10.1. The second-order valence-electron chi connectivity index (χ2n) is 7.02. The van der Waals surface area contributed by atoms with Crippen LogP contribution in [0, 0.1) is 21.4 Å². The van der Waals surface area contributed by atoms with Crippen LogP contribution in [-0.2, 0) is 21.2 Å². The third-order valence-corrected chi connectivity index (χ3v) is 7.70. The number of rotatable bonds is 10. The first-order valence-electron chi connectivity index (χ1n) is 10.2. The Kier molecular flexibility index (Phi) is 8.30. The average Bonchev–Trinajstić information content (AvgIpc) is 3.35. The number of amides is 1. The van der Waals surface area contributed by atoms with Crippen molar-refractivity contribution in [1.29, 1.82) is 5.26 Å². The predicted molar refractivity (Wildman–Crippen MR) is 130 cm³/mol. The van der Waals surface area contributed by atoms with Crippen LogP contribution < -0.4 is 14.8 Å². The second-order valence-corrected chi connectivity index (χ2v) is 10.5. The maximum Gasteiger partial charge on any atom is 0.269 e. The van der Waals surface area contributed by atoms with E-state index in [9.17, 15) is 28.6 Å². The van der Waals surface area contributed by atoms with Gasteiger partial charge in [-0.1, -0.05) is 24.3 Å². The van der Waals surface area contributed by atoms with E-state index < -0.39 is 20.7 Å². The fourth-order valence-electron chi connectivity index (χ4n) is 2.76. The van der Waals surface area contributed by atoms with Crippen molar-refractivity contribution in [1.82, 2.24) is 10.2 Å². The summed E-state index contributed by atoms with van der Waals surface area (Å²) < 4.78 is 34.6. The van der Waals surface area contributed by atoms with Crippen molar-refractivity contribution >= 4 is 44.0 Å². The maximum absolute atomic E-state index is 12.5. The molecular weight excluding hydrogens is 510 g/mol. The normalized spacial score (nSPS) is 11.4. The number of nitrogens with one attached hydrogen (secondary N) is 1. The molecule has 1 N–H and O–H groups in total. The molecule has 1 aromatic heterocycles. The van der Waals surface area contributed by atoms with Crippen molar-refractivity contribution in [2.45, 2.75) is 17.9 Å². The fraction of sp³-hybridized carbons (Fsp3) is 0.182. The molecule has 3 aromatic rings. The highest BCUT2D eigenvalue weighted by Gasteiger charge is 2.20. The Morgan fingerprint density at radius 2 is 1.94 bits per heavy atom. The van der Waals surface area contributed by atoms with Crippen molar-refractivity contribution in [3.05, 3.63) is 69.3 Å². The van der Waals surface area contributed by atoms with Crippen molar-refractivity contribution in [3.8, 4) is 17.6 Å². The smallest absolute Gasteiger partial charge is 0.269 e. The summed E-state index contributed by atoms with van der Waals surface area (Å²) in [5.41, 5.74) is 0.892. The number of carbonyl (C=O) groups is 1. The van der Waals surface area contributed by atoms with Crippen molar-refractivity contribution in [3.63, 3.8) is 0 Å². The van der Waals surface area contributed by atoms with Gasteiger partial charge in [0.05, 0.1) is 17.8 Å². The van der Waals surface area contributed by atoms with E-state index in [2.05, 4.69) is 15.5 Å². The van der Waals surface area contributed by atoms with Gasteiger partial charge >= 0.3 is 0 Å². The molecule has 1 heterocycles. The summed E-state index contributed by atoms with van der Waals surface area (Å²) in [5.74, 6) is -0.225. The Morgan fingerprint density at radius 1 is 1.22 bits per heavy atom. The van der Waals surface area contributed by atoms with Gasteiger partial charge in [0.2, 0.25) is 19.3 Å². The van der Waals surface area contributed by atoms with Crippen LogP contribution in [0.3, 0.4) is 0 Å². The first kappa shape index (κ1) is 26.3. The molecule has 0 spiro atoms. The van der Waals surface area contributed by atoms with Gasteiger partial charge < -0.3 is 9.47 Å². The highest BCUT2D eigenvalue weighted by Crippen LogP contribution is 2.30. The SMILES string of the molecule is CCS(=O)(=O)c1nnc(NC(=O)/C(C#N)=C\c2ccc(OCc3ccc([N+](=O)[O-])cc3)c(OC)c2)s1. The topological polar surface area (TPSA) is 174 Å². The van der Waals surface area contributed by atoms with E-state index >= 15 is 0 Å². The van der Waals surface area contributed by atoms with Gasteiger partial charge in [0.25, 0.3) is 11.6 Å². The molecule has 0 aliphatic rings. The van der Waals surface area contributed by atoms with Gasteiger partial charge in [0.15, 0.2) is 11.5 Å². The number of nitro benzene ring substituents is 1. The number of ether oxygens (including phenoxy) is 2. The lowest BCUT2D eigenvalue weighted by Gasteiger charge is -2.11. The molecule has 0 saturated heterocycles. The Morgan fingerprint density at radius 3 is 2.56 bits per heavy atom. The molecule has 14 heteroatoms. The van der Waals surface area contributed by atoms with Crippen LogP contribution in [0.25, 0.3) is 6.08 Å². The van der Waals surface area contributed by atoms with E-state index in [1.165, 1.54) is 32.2 Å². The number of sulfone groups is 1. The third-order valence-electron chi connectivity index (χ3n) is 4.68. The van der Waals surface area contributed by atoms with Crippen LogP contribution in [0.1, 0.15) is 18.1 Å². The van der Waals surface area contributed by atoms with Crippen molar-refractivity contribution in [2.75, 3.05) is 18.2 Å². The molecular formula is C22H19N5O7S2. The number of nitriles is 1.